The maximum absolute atomic E-state index is 5.41. The number of benzene rings is 1. The van der Waals surface area contributed by atoms with Crippen molar-refractivity contribution in [2.75, 3.05) is 12.4 Å². The van der Waals surface area contributed by atoms with Crippen LogP contribution < -0.4 is 4.74 Å². The Balaban J connectivity index is 2.05. The van der Waals surface area contributed by atoms with Crippen LogP contribution in [0.5, 0.6) is 5.75 Å². The summed E-state index contributed by atoms with van der Waals surface area (Å²) in [5.41, 5.74) is 1.29. The molecule has 3 heteroatoms. The first-order valence-corrected chi connectivity index (χ1v) is 8.04. The Morgan fingerprint density at radius 3 is 2.67 bits per heavy atom. The Hall–Kier alpha value is -0.800. The Kier molecular flexibility index (Phi) is 5.26. The topological polar surface area (TPSA) is 9.23 Å². The fourth-order valence-corrected chi connectivity index (χ4v) is 3.36. The Morgan fingerprint density at radius 1 is 1.17 bits per heavy atom. The molecule has 0 radical (unpaired) electrons. The Morgan fingerprint density at radius 2 is 2.00 bits per heavy atom. The lowest BCUT2D eigenvalue weighted by atomic mass is 9.97. The molecule has 1 nitrogen and oxygen atoms in total. The van der Waals surface area contributed by atoms with E-state index in [-0.39, 0.29) is 0 Å². The highest BCUT2D eigenvalue weighted by Gasteiger charge is 2.12. The molecule has 0 saturated carbocycles. The second-order valence-corrected chi connectivity index (χ2v) is 6.00. The third-order valence-corrected chi connectivity index (χ3v) is 4.80. The monoisotopic (exact) mass is 324 g/mol. The lowest BCUT2D eigenvalue weighted by molar-refractivity contribution is 0.406. The summed E-state index contributed by atoms with van der Waals surface area (Å²) in [6.07, 6.45) is 2.17. The molecule has 0 amide bonds. The van der Waals surface area contributed by atoms with Crippen LogP contribution in [0.2, 0.25) is 0 Å². The number of alkyl halides is 1. The van der Waals surface area contributed by atoms with Crippen LogP contribution in [0.1, 0.15) is 10.4 Å². The minimum Gasteiger partial charge on any atom is -0.496 e. The van der Waals surface area contributed by atoms with E-state index in [0.717, 1.165) is 23.9 Å². The van der Waals surface area contributed by atoms with Gasteiger partial charge in [-0.1, -0.05) is 40.2 Å². The minimum atomic E-state index is 0.611. The highest BCUT2D eigenvalue weighted by atomic mass is 79.9. The summed E-state index contributed by atoms with van der Waals surface area (Å²) in [5, 5.41) is 3.16. The molecule has 0 aliphatic rings. The van der Waals surface area contributed by atoms with E-state index in [4.69, 9.17) is 4.74 Å². The largest absolute Gasteiger partial charge is 0.496 e. The summed E-state index contributed by atoms with van der Waals surface area (Å²) in [6, 6.07) is 12.6. The van der Waals surface area contributed by atoms with Crippen molar-refractivity contribution in [3.8, 4) is 5.75 Å². The van der Waals surface area contributed by atoms with Crippen LogP contribution in [-0.2, 0) is 12.8 Å². The third-order valence-electron chi connectivity index (χ3n) is 2.99. The van der Waals surface area contributed by atoms with E-state index in [2.05, 4.69) is 45.6 Å². The SMILES string of the molecule is COc1ccccc1CC(CBr)Cc1cccs1. The van der Waals surface area contributed by atoms with Gasteiger partial charge in [-0.3, -0.25) is 0 Å². The molecule has 2 rings (SSSR count). The average molecular weight is 325 g/mol. The summed E-state index contributed by atoms with van der Waals surface area (Å²) < 4.78 is 5.41. The van der Waals surface area contributed by atoms with Gasteiger partial charge in [-0.25, -0.2) is 0 Å². The maximum atomic E-state index is 5.41. The molecule has 1 heterocycles. The average Bonchev–Trinajstić information content (AvgIpc) is 2.91. The highest BCUT2D eigenvalue weighted by Crippen LogP contribution is 2.25. The van der Waals surface area contributed by atoms with Crippen molar-refractivity contribution in [3.63, 3.8) is 0 Å². The van der Waals surface area contributed by atoms with Crippen LogP contribution >= 0.6 is 27.3 Å². The molecule has 1 aromatic carbocycles. The van der Waals surface area contributed by atoms with Gasteiger partial charge in [0.05, 0.1) is 7.11 Å². The first-order valence-electron chi connectivity index (χ1n) is 6.03. The van der Waals surface area contributed by atoms with E-state index < -0.39 is 0 Å². The van der Waals surface area contributed by atoms with Crippen LogP contribution in [-0.4, -0.2) is 12.4 Å². The number of ether oxygens (including phenoxy) is 1. The lowest BCUT2D eigenvalue weighted by Gasteiger charge is -2.15. The molecular weight excluding hydrogens is 308 g/mol. The molecule has 0 aliphatic carbocycles. The predicted molar refractivity (Wildman–Crippen MR) is 82.0 cm³/mol. The molecule has 0 spiro atoms. The molecule has 1 atom stereocenters. The van der Waals surface area contributed by atoms with Crippen molar-refractivity contribution in [3.05, 3.63) is 52.2 Å². The van der Waals surface area contributed by atoms with Crippen molar-refractivity contribution in [2.45, 2.75) is 12.8 Å². The van der Waals surface area contributed by atoms with Crippen molar-refractivity contribution < 1.29 is 4.74 Å². The highest BCUT2D eigenvalue weighted by molar-refractivity contribution is 9.09. The van der Waals surface area contributed by atoms with Crippen LogP contribution in [0, 0.1) is 5.92 Å². The molecule has 0 saturated heterocycles. The number of rotatable bonds is 6. The Labute approximate surface area is 121 Å². The van der Waals surface area contributed by atoms with Gasteiger partial charge in [0.25, 0.3) is 0 Å². The summed E-state index contributed by atoms with van der Waals surface area (Å²) in [6.45, 7) is 0. The molecule has 1 unspecified atom stereocenters. The van der Waals surface area contributed by atoms with Gasteiger partial charge in [0.15, 0.2) is 0 Å². The first-order chi connectivity index (χ1) is 8.83. The number of halogens is 1. The molecule has 96 valence electrons. The van der Waals surface area contributed by atoms with Gasteiger partial charge in [-0.15, -0.1) is 11.3 Å². The minimum absolute atomic E-state index is 0.611. The summed E-state index contributed by atoms with van der Waals surface area (Å²) in [7, 11) is 1.74. The van der Waals surface area contributed by atoms with Gasteiger partial charge in [-0.05, 0) is 41.8 Å². The second-order valence-electron chi connectivity index (χ2n) is 4.32. The van der Waals surface area contributed by atoms with Gasteiger partial charge >= 0.3 is 0 Å². The molecule has 2 aromatic rings. The number of thiophene rings is 1. The van der Waals surface area contributed by atoms with Crippen LogP contribution in [0.25, 0.3) is 0 Å². The molecule has 0 N–H and O–H groups in total. The number of hydrogen-bond donors (Lipinski definition) is 0. The molecule has 0 fully saturated rings. The number of hydrogen-bond acceptors (Lipinski definition) is 2. The molecule has 0 aliphatic heterocycles. The van der Waals surface area contributed by atoms with E-state index in [9.17, 15) is 0 Å². The normalized spacial score (nSPS) is 12.3. The fourth-order valence-electron chi connectivity index (χ4n) is 2.08. The van der Waals surface area contributed by atoms with Crippen molar-refractivity contribution in [2.24, 2.45) is 5.92 Å². The van der Waals surface area contributed by atoms with Crippen LogP contribution in [0.3, 0.4) is 0 Å². The van der Waals surface area contributed by atoms with Crippen LogP contribution in [0.4, 0.5) is 0 Å². The van der Waals surface area contributed by atoms with Crippen molar-refractivity contribution >= 4 is 27.3 Å². The van der Waals surface area contributed by atoms with Gasteiger partial charge in [0, 0.05) is 10.2 Å². The van der Waals surface area contributed by atoms with Crippen LogP contribution in [0.15, 0.2) is 41.8 Å². The Bertz CT molecular complexity index is 467. The number of para-hydroxylation sites is 1. The van der Waals surface area contributed by atoms with E-state index in [1.54, 1.807) is 7.11 Å². The zero-order chi connectivity index (χ0) is 12.8. The lowest BCUT2D eigenvalue weighted by Crippen LogP contribution is -2.10. The number of methoxy groups -OCH3 is 1. The molecule has 18 heavy (non-hydrogen) atoms. The quantitative estimate of drug-likeness (QED) is 0.708. The first kappa shape index (κ1) is 13.6. The van der Waals surface area contributed by atoms with Crippen molar-refractivity contribution in [1.29, 1.82) is 0 Å². The summed E-state index contributed by atoms with van der Waals surface area (Å²) in [5.74, 6) is 1.61. The van der Waals surface area contributed by atoms with E-state index >= 15 is 0 Å². The van der Waals surface area contributed by atoms with E-state index in [1.807, 2.05) is 23.5 Å². The smallest absolute Gasteiger partial charge is 0.122 e. The molecular formula is C15H17BrOS. The maximum Gasteiger partial charge on any atom is 0.122 e. The van der Waals surface area contributed by atoms with Gasteiger partial charge in [0.1, 0.15) is 5.75 Å². The zero-order valence-electron chi connectivity index (χ0n) is 10.4. The van der Waals surface area contributed by atoms with Gasteiger partial charge in [0.2, 0.25) is 0 Å². The standard InChI is InChI=1S/C15H17BrOS/c1-17-15-7-3-2-5-13(15)9-12(11-16)10-14-6-4-8-18-14/h2-8,12H,9-11H2,1H3. The van der Waals surface area contributed by atoms with Gasteiger partial charge < -0.3 is 4.74 Å². The third kappa shape index (κ3) is 3.59. The van der Waals surface area contributed by atoms with Gasteiger partial charge in [-0.2, -0.15) is 0 Å². The molecule has 0 bridgehead atoms. The van der Waals surface area contributed by atoms with E-state index in [1.165, 1.54) is 10.4 Å². The van der Waals surface area contributed by atoms with Crippen molar-refractivity contribution in [1.82, 2.24) is 0 Å². The predicted octanol–water partition coefficient (Wildman–Crippen LogP) is 4.55. The van der Waals surface area contributed by atoms with E-state index in [0.29, 0.717) is 5.92 Å². The fraction of sp³-hybridized carbons (Fsp3) is 0.333. The summed E-state index contributed by atoms with van der Waals surface area (Å²) >= 11 is 5.46. The summed E-state index contributed by atoms with van der Waals surface area (Å²) in [4.78, 5) is 1.45. The molecule has 1 aromatic heterocycles. The zero-order valence-corrected chi connectivity index (χ0v) is 12.8. The second kappa shape index (κ2) is 6.95.